The van der Waals surface area contributed by atoms with Crippen LogP contribution in [0.15, 0.2) is 22.8 Å². The molecule has 0 atom stereocenters. The van der Waals surface area contributed by atoms with Gasteiger partial charge in [-0.25, -0.2) is 0 Å². The van der Waals surface area contributed by atoms with Crippen molar-refractivity contribution >= 4 is 44.8 Å². The van der Waals surface area contributed by atoms with Crippen LogP contribution >= 0.6 is 39.1 Å². The summed E-state index contributed by atoms with van der Waals surface area (Å²) < 4.78 is 2.63. The molecule has 2 rings (SSSR count). The molecule has 6 heteroatoms. The molecule has 96 valence electrons. The van der Waals surface area contributed by atoms with Crippen LogP contribution in [0.3, 0.4) is 0 Å². The molecule has 0 spiro atoms. The third-order valence-corrected chi connectivity index (χ3v) is 4.61. The predicted octanol–water partition coefficient (Wildman–Crippen LogP) is 4.41. The summed E-state index contributed by atoms with van der Waals surface area (Å²) in [6.07, 6.45) is 1.84. The molecule has 0 amide bonds. The number of hydrogen-bond donors (Lipinski definition) is 1. The van der Waals surface area contributed by atoms with Crippen molar-refractivity contribution in [2.45, 2.75) is 13.5 Å². The number of rotatable bonds is 3. The van der Waals surface area contributed by atoms with Crippen molar-refractivity contribution in [3.63, 3.8) is 0 Å². The van der Waals surface area contributed by atoms with Gasteiger partial charge < -0.3 is 5.32 Å². The van der Waals surface area contributed by atoms with Crippen molar-refractivity contribution in [2.75, 3.05) is 5.32 Å². The van der Waals surface area contributed by atoms with Gasteiger partial charge in [0.1, 0.15) is 0 Å². The molecule has 18 heavy (non-hydrogen) atoms. The molecule has 0 bridgehead atoms. The normalized spacial score (nSPS) is 10.7. The van der Waals surface area contributed by atoms with Gasteiger partial charge >= 0.3 is 0 Å². The highest BCUT2D eigenvalue weighted by Gasteiger charge is 2.09. The zero-order chi connectivity index (χ0) is 13.3. The van der Waals surface area contributed by atoms with Crippen LogP contribution in [0.25, 0.3) is 0 Å². The third-order valence-electron chi connectivity index (χ3n) is 2.84. The van der Waals surface area contributed by atoms with Crippen molar-refractivity contribution in [3.05, 3.63) is 44.1 Å². The summed E-state index contributed by atoms with van der Waals surface area (Å²) >= 11 is 15.6. The number of halogens is 3. The number of hydrogen-bond acceptors (Lipinski definition) is 2. The minimum Gasteiger partial charge on any atom is -0.380 e. The molecule has 1 aromatic carbocycles. The molecule has 0 aliphatic heterocycles. The fourth-order valence-corrected chi connectivity index (χ4v) is 2.41. The van der Waals surface area contributed by atoms with Crippen LogP contribution in [-0.4, -0.2) is 9.78 Å². The van der Waals surface area contributed by atoms with Gasteiger partial charge in [-0.1, -0.05) is 23.2 Å². The molecule has 1 aromatic heterocycles. The highest BCUT2D eigenvalue weighted by Crippen LogP contribution is 2.35. The van der Waals surface area contributed by atoms with E-state index in [0.29, 0.717) is 16.6 Å². The average Bonchev–Trinajstić information content (AvgIpc) is 2.67. The van der Waals surface area contributed by atoms with E-state index in [9.17, 15) is 0 Å². The van der Waals surface area contributed by atoms with Crippen molar-refractivity contribution in [1.29, 1.82) is 0 Å². The zero-order valence-electron chi connectivity index (χ0n) is 9.97. The Balaban J connectivity index is 2.16. The van der Waals surface area contributed by atoms with Crippen LogP contribution in [0.4, 0.5) is 5.69 Å². The number of nitrogens with one attached hydrogen (secondary N) is 1. The van der Waals surface area contributed by atoms with Gasteiger partial charge in [-0.2, -0.15) is 5.10 Å². The van der Waals surface area contributed by atoms with E-state index in [4.69, 9.17) is 23.2 Å². The van der Waals surface area contributed by atoms with Crippen molar-refractivity contribution in [1.82, 2.24) is 9.78 Å². The summed E-state index contributed by atoms with van der Waals surface area (Å²) in [5, 5.41) is 8.49. The maximum atomic E-state index is 6.16. The second kappa shape index (κ2) is 5.51. The molecular formula is C12H12BrCl2N3. The maximum absolute atomic E-state index is 6.16. The van der Waals surface area contributed by atoms with Gasteiger partial charge in [0.05, 0.1) is 21.9 Å². The Hall–Kier alpha value is -0.710. The topological polar surface area (TPSA) is 29.9 Å². The van der Waals surface area contributed by atoms with Crippen molar-refractivity contribution < 1.29 is 0 Å². The van der Waals surface area contributed by atoms with Gasteiger partial charge in [0.2, 0.25) is 0 Å². The van der Waals surface area contributed by atoms with Crippen LogP contribution in [0, 0.1) is 6.92 Å². The first-order chi connectivity index (χ1) is 8.50. The number of nitrogens with zero attached hydrogens (tertiary/aromatic N) is 2. The van der Waals surface area contributed by atoms with Gasteiger partial charge in [-0.05, 0) is 35.0 Å². The third kappa shape index (κ3) is 2.66. The molecule has 1 N–H and O–H groups in total. The highest BCUT2D eigenvalue weighted by molar-refractivity contribution is 9.10. The quantitative estimate of drug-likeness (QED) is 0.832. The second-order valence-corrected chi connectivity index (χ2v) is 5.57. The molecule has 3 nitrogen and oxygen atoms in total. The van der Waals surface area contributed by atoms with E-state index in [1.54, 1.807) is 0 Å². The first-order valence-corrected chi connectivity index (χ1v) is 6.90. The lowest BCUT2D eigenvalue weighted by atomic mass is 10.2. The van der Waals surface area contributed by atoms with E-state index in [1.165, 1.54) is 0 Å². The van der Waals surface area contributed by atoms with Crippen molar-refractivity contribution in [2.24, 2.45) is 7.05 Å². The smallest absolute Gasteiger partial charge is 0.0835 e. The largest absolute Gasteiger partial charge is 0.380 e. The van der Waals surface area contributed by atoms with E-state index in [-0.39, 0.29) is 0 Å². The Morgan fingerprint density at radius 2 is 2.06 bits per heavy atom. The summed E-state index contributed by atoms with van der Waals surface area (Å²) in [6.45, 7) is 2.69. The Bertz CT molecular complexity index is 581. The summed E-state index contributed by atoms with van der Waals surface area (Å²) in [6, 6.07) is 3.76. The van der Waals surface area contributed by atoms with Crippen molar-refractivity contribution in [3.8, 4) is 0 Å². The molecule has 0 saturated carbocycles. The lowest BCUT2D eigenvalue weighted by Crippen LogP contribution is -2.02. The van der Waals surface area contributed by atoms with Crippen LogP contribution in [0.5, 0.6) is 0 Å². The van der Waals surface area contributed by atoms with Gasteiger partial charge in [0, 0.05) is 29.3 Å². The van der Waals surface area contributed by atoms with Gasteiger partial charge in [-0.15, -0.1) is 0 Å². The number of aryl methyl sites for hydroxylation is 1. The van der Waals surface area contributed by atoms with Crippen LogP contribution < -0.4 is 5.32 Å². The summed E-state index contributed by atoms with van der Waals surface area (Å²) in [5.74, 6) is 0. The fraction of sp³-hybridized carbons (Fsp3) is 0.250. The summed E-state index contributed by atoms with van der Waals surface area (Å²) in [4.78, 5) is 0. The molecule has 1 heterocycles. The molecule has 0 unspecified atom stereocenters. The van der Waals surface area contributed by atoms with Crippen LogP contribution in [0.2, 0.25) is 10.0 Å². The molecule has 0 fully saturated rings. The lowest BCUT2D eigenvalue weighted by molar-refractivity contribution is 0.738. The fourth-order valence-electron chi connectivity index (χ4n) is 1.57. The molecule has 0 aliphatic carbocycles. The molecule has 2 aromatic rings. The van der Waals surface area contributed by atoms with E-state index in [2.05, 4.69) is 26.3 Å². The second-order valence-electron chi connectivity index (χ2n) is 3.96. The molecule has 0 saturated heterocycles. The Labute approximate surface area is 124 Å². The lowest BCUT2D eigenvalue weighted by Gasteiger charge is -2.10. The highest BCUT2D eigenvalue weighted by atomic mass is 79.9. The van der Waals surface area contributed by atoms with Gasteiger partial charge in [0.25, 0.3) is 0 Å². The monoisotopic (exact) mass is 347 g/mol. The summed E-state index contributed by atoms with van der Waals surface area (Å²) in [7, 11) is 1.92. The standard InChI is InChI=1S/C12H12BrCl2N3/c1-7-8(6-17-18(7)2)5-16-10-4-3-9(13)11(14)12(10)15/h3-4,6,16H,5H2,1-2H3. The Morgan fingerprint density at radius 1 is 1.33 bits per heavy atom. The first kappa shape index (κ1) is 13.7. The summed E-state index contributed by atoms with van der Waals surface area (Å²) in [5.41, 5.74) is 3.07. The average molecular weight is 349 g/mol. The maximum Gasteiger partial charge on any atom is 0.0835 e. The van der Waals surface area contributed by atoms with Crippen LogP contribution in [-0.2, 0) is 13.6 Å². The van der Waals surface area contributed by atoms with E-state index < -0.39 is 0 Å². The van der Waals surface area contributed by atoms with Gasteiger partial charge in [0.15, 0.2) is 0 Å². The number of aromatic nitrogens is 2. The number of anilines is 1. The molecule has 0 radical (unpaired) electrons. The zero-order valence-corrected chi connectivity index (χ0v) is 13.1. The van der Waals surface area contributed by atoms with Crippen LogP contribution in [0.1, 0.15) is 11.3 Å². The minimum absolute atomic E-state index is 0.518. The van der Waals surface area contributed by atoms with E-state index in [0.717, 1.165) is 21.4 Å². The molecule has 0 aliphatic rings. The predicted molar refractivity (Wildman–Crippen MR) is 79.4 cm³/mol. The van der Waals surface area contributed by atoms with E-state index >= 15 is 0 Å². The Kier molecular flexibility index (Phi) is 4.20. The first-order valence-electron chi connectivity index (χ1n) is 5.35. The van der Waals surface area contributed by atoms with Gasteiger partial charge in [-0.3, -0.25) is 4.68 Å². The Morgan fingerprint density at radius 3 is 2.67 bits per heavy atom. The molecular weight excluding hydrogens is 337 g/mol. The SMILES string of the molecule is Cc1c(CNc2ccc(Br)c(Cl)c2Cl)cnn1C. The minimum atomic E-state index is 0.518. The number of benzene rings is 1. The van der Waals surface area contributed by atoms with E-state index in [1.807, 2.05) is 37.0 Å².